The molecule has 6 nitrogen and oxygen atoms in total. The zero-order valence-electron chi connectivity index (χ0n) is 9.22. The average molecular weight is 241 g/mol. The van der Waals surface area contributed by atoms with E-state index in [0.29, 0.717) is 24.3 Å². The molecule has 0 aromatic carbocycles. The van der Waals surface area contributed by atoms with Crippen molar-refractivity contribution in [3.8, 4) is 0 Å². The maximum absolute atomic E-state index is 5.66. The van der Waals surface area contributed by atoms with Gasteiger partial charge in [-0.3, -0.25) is 0 Å². The Morgan fingerprint density at radius 3 is 2.75 bits per heavy atom. The Labute approximate surface area is 98.6 Å². The molecule has 1 aromatic heterocycles. The summed E-state index contributed by atoms with van der Waals surface area (Å²) in [4.78, 5) is 14.7. The van der Waals surface area contributed by atoms with E-state index in [4.69, 9.17) is 10.5 Å². The van der Waals surface area contributed by atoms with Crippen LogP contribution in [0.4, 0.5) is 11.9 Å². The highest BCUT2D eigenvalue weighted by molar-refractivity contribution is 7.99. The summed E-state index contributed by atoms with van der Waals surface area (Å²) in [6, 6.07) is 0. The topological polar surface area (TPSA) is 77.2 Å². The molecule has 1 aromatic rings. The number of aromatic nitrogens is 3. The van der Waals surface area contributed by atoms with Gasteiger partial charge in [-0.1, -0.05) is 18.7 Å². The number of thioether (sulfide) groups is 1. The zero-order valence-corrected chi connectivity index (χ0v) is 10.0. The molecule has 2 heterocycles. The van der Waals surface area contributed by atoms with Crippen LogP contribution in [0.25, 0.3) is 0 Å². The van der Waals surface area contributed by atoms with Gasteiger partial charge in [-0.25, -0.2) is 0 Å². The third-order valence-electron chi connectivity index (χ3n) is 2.19. The van der Waals surface area contributed by atoms with Gasteiger partial charge in [-0.05, 0) is 5.75 Å². The smallest absolute Gasteiger partial charge is 0.231 e. The molecule has 1 saturated heterocycles. The molecule has 0 unspecified atom stereocenters. The predicted molar refractivity (Wildman–Crippen MR) is 63.7 cm³/mol. The second kappa shape index (κ2) is 5.31. The van der Waals surface area contributed by atoms with Gasteiger partial charge in [0.1, 0.15) is 0 Å². The molecule has 1 aliphatic rings. The first-order valence-corrected chi connectivity index (χ1v) is 6.25. The summed E-state index contributed by atoms with van der Waals surface area (Å²) >= 11 is 1.57. The van der Waals surface area contributed by atoms with Crippen molar-refractivity contribution in [2.45, 2.75) is 12.1 Å². The Morgan fingerprint density at radius 2 is 2.06 bits per heavy atom. The van der Waals surface area contributed by atoms with Gasteiger partial charge in [0.2, 0.25) is 11.9 Å². The molecular weight excluding hydrogens is 226 g/mol. The van der Waals surface area contributed by atoms with E-state index in [9.17, 15) is 0 Å². The standard InChI is InChI=1S/C9H15N5OS/c1-2-16-9-12-7(10)11-8(13-9)14-3-5-15-6-4-14/h2-6H2,1H3,(H2,10,11,12,13). The van der Waals surface area contributed by atoms with Gasteiger partial charge in [0, 0.05) is 13.1 Å². The summed E-state index contributed by atoms with van der Waals surface area (Å²) in [5.41, 5.74) is 5.66. The Morgan fingerprint density at radius 1 is 1.31 bits per heavy atom. The fraction of sp³-hybridized carbons (Fsp3) is 0.667. The molecule has 88 valence electrons. The van der Waals surface area contributed by atoms with E-state index in [0.717, 1.165) is 18.8 Å². The second-order valence-corrected chi connectivity index (χ2v) is 4.54. The highest BCUT2D eigenvalue weighted by Gasteiger charge is 2.15. The van der Waals surface area contributed by atoms with Gasteiger partial charge >= 0.3 is 0 Å². The number of hydrogen-bond donors (Lipinski definition) is 1. The van der Waals surface area contributed by atoms with E-state index in [1.807, 2.05) is 0 Å². The van der Waals surface area contributed by atoms with E-state index < -0.39 is 0 Å². The Balaban J connectivity index is 2.18. The van der Waals surface area contributed by atoms with Gasteiger partial charge in [0.15, 0.2) is 5.16 Å². The molecule has 0 amide bonds. The first-order valence-electron chi connectivity index (χ1n) is 5.26. The molecule has 2 rings (SSSR count). The SMILES string of the molecule is CCSc1nc(N)nc(N2CCOCC2)n1. The Bertz CT molecular complexity index is 356. The van der Waals surface area contributed by atoms with Gasteiger partial charge in [0.25, 0.3) is 0 Å². The molecule has 0 saturated carbocycles. The molecule has 16 heavy (non-hydrogen) atoms. The van der Waals surface area contributed by atoms with Gasteiger partial charge in [-0.2, -0.15) is 15.0 Å². The van der Waals surface area contributed by atoms with Crippen molar-refractivity contribution in [1.29, 1.82) is 0 Å². The maximum atomic E-state index is 5.66. The van der Waals surface area contributed by atoms with Crippen LogP contribution in [0, 0.1) is 0 Å². The molecule has 0 aliphatic carbocycles. The lowest BCUT2D eigenvalue weighted by molar-refractivity contribution is 0.122. The number of nitrogens with two attached hydrogens (primary N) is 1. The normalized spacial score (nSPS) is 16.4. The van der Waals surface area contributed by atoms with E-state index in [-0.39, 0.29) is 5.95 Å². The van der Waals surface area contributed by atoms with Crippen molar-refractivity contribution in [2.24, 2.45) is 0 Å². The minimum absolute atomic E-state index is 0.285. The van der Waals surface area contributed by atoms with Crippen LogP contribution in [0.1, 0.15) is 6.92 Å². The quantitative estimate of drug-likeness (QED) is 0.767. The summed E-state index contributed by atoms with van der Waals surface area (Å²) in [5.74, 6) is 1.87. The molecule has 0 spiro atoms. The minimum Gasteiger partial charge on any atom is -0.378 e. The first kappa shape index (κ1) is 11.4. The fourth-order valence-electron chi connectivity index (χ4n) is 1.46. The van der Waals surface area contributed by atoms with Crippen LogP contribution in [-0.4, -0.2) is 47.0 Å². The fourth-order valence-corrected chi connectivity index (χ4v) is 2.02. The third-order valence-corrected chi connectivity index (χ3v) is 2.92. The lowest BCUT2D eigenvalue weighted by Gasteiger charge is -2.26. The number of morpholine rings is 1. The van der Waals surface area contributed by atoms with Crippen LogP contribution in [0.2, 0.25) is 0 Å². The second-order valence-electron chi connectivity index (χ2n) is 3.31. The van der Waals surface area contributed by atoms with Crippen molar-refractivity contribution in [1.82, 2.24) is 15.0 Å². The van der Waals surface area contributed by atoms with E-state index in [1.165, 1.54) is 0 Å². The predicted octanol–water partition coefficient (Wildman–Crippen LogP) is 0.402. The monoisotopic (exact) mass is 241 g/mol. The van der Waals surface area contributed by atoms with Gasteiger partial charge in [0.05, 0.1) is 13.2 Å². The van der Waals surface area contributed by atoms with Crippen molar-refractivity contribution in [3.05, 3.63) is 0 Å². The third kappa shape index (κ3) is 2.73. The molecular formula is C9H15N5OS. The lowest BCUT2D eigenvalue weighted by atomic mass is 10.4. The highest BCUT2D eigenvalue weighted by atomic mass is 32.2. The molecule has 1 aliphatic heterocycles. The minimum atomic E-state index is 0.285. The molecule has 2 N–H and O–H groups in total. The van der Waals surface area contributed by atoms with Crippen molar-refractivity contribution < 1.29 is 4.74 Å². The summed E-state index contributed by atoms with van der Waals surface area (Å²) in [6.07, 6.45) is 0. The summed E-state index contributed by atoms with van der Waals surface area (Å²) in [5, 5.41) is 0.691. The van der Waals surface area contributed by atoms with Crippen LogP contribution in [0.3, 0.4) is 0 Å². The summed E-state index contributed by atoms with van der Waals surface area (Å²) in [7, 11) is 0. The molecule has 1 fully saturated rings. The van der Waals surface area contributed by atoms with Crippen molar-refractivity contribution in [2.75, 3.05) is 42.7 Å². The number of nitrogen functional groups attached to an aromatic ring is 1. The first-order chi connectivity index (χ1) is 7.79. The van der Waals surface area contributed by atoms with E-state index >= 15 is 0 Å². The average Bonchev–Trinajstić information content (AvgIpc) is 2.30. The van der Waals surface area contributed by atoms with Gasteiger partial charge < -0.3 is 15.4 Å². The van der Waals surface area contributed by atoms with E-state index in [2.05, 4.69) is 26.8 Å². The van der Waals surface area contributed by atoms with Crippen LogP contribution < -0.4 is 10.6 Å². The van der Waals surface area contributed by atoms with Crippen molar-refractivity contribution in [3.63, 3.8) is 0 Å². The van der Waals surface area contributed by atoms with Crippen molar-refractivity contribution >= 4 is 23.7 Å². The molecule has 7 heteroatoms. The Kier molecular flexibility index (Phi) is 3.79. The van der Waals surface area contributed by atoms with Crippen LogP contribution in [0.5, 0.6) is 0 Å². The number of anilines is 2. The summed E-state index contributed by atoms with van der Waals surface area (Å²) < 4.78 is 5.28. The molecule has 0 radical (unpaired) electrons. The number of ether oxygens (including phenoxy) is 1. The number of rotatable bonds is 3. The zero-order chi connectivity index (χ0) is 11.4. The van der Waals surface area contributed by atoms with Crippen LogP contribution >= 0.6 is 11.8 Å². The number of hydrogen-bond acceptors (Lipinski definition) is 7. The summed E-state index contributed by atoms with van der Waals surface area (Å²) in [6.45, 7) is 5.09. The number of nitrogens with zero attached hydrogens (tertiary/aromatic N) is 4. The lowest BCUT2D eigenvalue weighted by Crippen LogP contribution is -2.37. The molecule has 0 atom stereocenters. The highest BCUT2D eigenvalue weighted by Crippen LogP contribution is 2.17. The van der Waals surface area contributed by atoms with Crippen LogP contribution in [0.15, 0.2) is 5.16 Å². The largest absolute Gasteiger partial charge is 0.378 e. The molecule has 0 bridgehead atoms. The maximum Gasteiger partial charge on any atom is 0.231 e. The van der Waals surface area contributed by atoms with E-state index in [1.54, 1.807) is 11.8 Å². The van der Waals surface area contributed by atoms with Crippen LogP contribution in [-0.2, 0) is 4.74 Å². The van der Waals surface area contributed by atoms with Gasteiger partial charge in [-0.15, -0.1) is 0 Å². The Hall–Kier alpha value is -1.08.